The van der Waals surface area contributed by atoms with Crippen molar-refractivity contribution in [3.8, 4) is 0 Å². The maximum Gasteiger partial charge on any atom is 0.328 e. The lowest BCUT2D eigenvalue weighted by atomic mass is 9.54. The second-order valence-corrected chi connectivity index (χ2v) is 13.4. The Morgan fingerprint density at radius 3 is 2.19 bits per heavy atom. The van der Waals surface area contributed by atoms with Gasteiger partial charge in [-0.15, -0.1) is 0 Å². The molecule has 13 nitrogen and oxygen atoms in total. The lowest BCUT2D eigenvalue weighted by molar-refractivity contribution is -0.141. The lowest BCUT2D eigenvalue weighted by Gasteiger charge is -2.54. The lowest BCUT2D eigenvalue weighted by Crippen LogP contribution is -2.59. The van der Waals surface area contributed by atoms with Crippen molar-refractivity contribution in [2.75, 3.05) is 23.7 Å². The van der Waals surface area contributed by atoms with Crippen LogP contribution in [0.4, 0.5) is 21.0 Å². The third-order valence-electron chi connectivity index (χ3n) is 9.97. The van der Waals surface area contributed by atoms with E-state index in [4.69, 9.17) is 0 Å². The number of anilines is 2. The summed E-state index contributed by atoms with van der Waals surface area (Å²) < 4.78 is 0. The van der Waals surface area contributed by atoms with Crippen molar-refractivity contribution in [3.63, 3.8) is 0 Å². The average Bonchev–Trinajstić information content (AvgIpc) is 3.27. The molecule has 0 spiro atoms. The molecule has 4 aliphatic carbocycles. The van der Waals surface area contributed by atoms with E-state index in [9.17, 15) is 33.9 Å². The number of aliphatic carboxylic acids is 1. The van der Waals surface area contributed by atoms with Crippen molar-refractivity contribution in [2.45, 2.75) is 64.1 Å². The molecule has 1 saturated heterocycles. The number of para-hydroxylation sites is 1. The highest BCUT2D eigenvalue weighted by Crippen LogP contribution is 2.53. The van der Waals surface area contributed by atoms with Crippen molar-refractivity contribution in [3.05, 3.63) is 59.7 Å². The molecule has 7 amide bonds. The predicted molar refractivity (Wildman–Crippen MR) is 171 cm³/mol. The normalized spacial score (nSPS) is 25.0. The molecule has 13 heteroatoms. The third-order valence-corrected chi connectivity index (χ3v) is 9.97. The number of rotatable bonds is 11. The Morgan fingerprint density at radius 2 is 1.55 bits per heavy atom. The second kappa shape index (κ2) is 13.4. The number of carboxylic acids is 1. The molecule has 0 radical (unpaired) electrons. The molecule has 5 aliphatic rings. The molecule has 1 heterocycles. The fraction of sp³-hybridized carbons (Fsp3) is 0.471. The Balaban J connectivity index is 1.00. The van der Waals surface area contributed by atoms with E-state index in [1.165, 1.54) is 11.3 Å². The van der Waals surface area contributed by atoms with Gasteiger partial charge in [0.2, 0.25) is 11.8 Å². The minimum absolute atomic E-state index is 0.0284. The van der Waals surface area contributed by atoms with E-state index in [1.807, 2.05) is 25.1 Å². The van der Waals surface area contributed by atoms with E-state index in [1.54, 1.807) is 30.3 Å². The minimum Gasteiger partial charge on any atom is -0.481 e. The SMILES string of the molecule is Cc1ccccc1NC(=O)Nc1ccc(CN2CC(=O)N(CC(=O)N[C@@H](CC(=O)O)C(=O)NC3C4CC5CC(C4)CC3C5)C2=O)cc1. The largest absolute Gasteiger partial charge is 0.481 e. The summed E-state index contributed by atoms with van der Waals surface area (Å²) in [5.74, 6) is -1.02. The Kier molecular flexibility index (Phi) is 9.15. The number of nitrogens with zero attached hydrogens (tertiary/aromatic N) is 2. The van der Waals surface area contributed by atoms with Gasteiger partial charge in [-0.3, -0.25) is 24.1 Å². The van der Waals surface area contributed by atoms with Crippen LogP contribution in [-0.4, -0.2) is 75.8 Å². The first-order valence-corrected chi connectivity index (χ1v) is 16.2. The summed E-state index contributed by atoms with van der Waals surface area (Å²) in [6.07, 6.45) is 4.91. The highest BCUT2D eigenvalue weighted by Gasteiger charge is 2.49. The van der Waals surface area contributed by atoms with E-state index >= 15 is 0 Å². The first kappa shape index (κ1) is 32.0. The number of benzene rings is 2. The number of hydrogen-bond acceptors (Lipinski definition) is 6. The summed E-state index contributed by atoms with van der Waals surface area (Å²) in [6.45, 7) is 1.11. The maximum absolute atomic E-state index is 13.2. The number of hydrogen-bond donors (Lipinski definition) is 5. The fourth-order valence-corrected chi connectivity index (χ4v) is 7.98. The maximum atomic E-state index is 13.2. The van der Waals surface area contributed by atoms with Gasteiger partial charge >= 0.3 is 18.0 Å². The fourth-order valence-electron chi connectivity index (χ4n) is 7.98. The van der Waals surface area contributed by atoms with Gasteiger partial charge in [0.05, 0.1) is 6.42 Å². The van der Waals surface area contributed by atoms with Crippen LogP contribution in [0.25, 0.3) is 0 Å². The molecule has 47 heavy (non-hydrogen) atoms. The molecule has 4 saturated carbocycles. The zero-order valence-electron chi connectivity index (χ0n) is 26.2. The highest BCUT2D eigenvalue weighted by atomic mass is 16.4. The van der Waals surface area contributed by atoms with E-state index in [-0.39, 0.29) is 19.1 Å². The topological polar surface area (TPSA) is 177 Å². The van der Waals surface area contributed by atoms with Crippen LogP contribution in [0.15, 0.2) is 48.5 Å². The molecule has 0 aromatic heterocycles. The number of imide groups is 1. The number of carbonyl (C=O) groups is 6. The van der Waals surface area contributed by atoms with E-state index in [0.29, 0.717) is 40.6 Å². The Bertz CT molecular complexity index is 1550. The Labute approximate surface area is 272 Å². The number of nitrogens with one attached hydrogen (secondary N) is 4. The molecule has 2 aromatic rings. The van der Waals surface area contributed by atoms with Gasteiger partial charge < -0.3 is 31.3 Å². The summed E-state index contributed by atoms with van der Waals surface area (Å²) in [5, 5.41) is 20.5. The molecule has 0 unspecified atom stereocenters. The first-order valence-electron chi connectivity index (χ1n) is 16.2. The van der Waals surface area contributed by atoms with Gasteiger partial charge in [-0.25, -0.2) is 9.59 Å². The molecule has 5 fully saturated rings. The summed E-state index contributed by atoms with van der Waals surface area (Å²) >= 11 is 0. The quantitative estimate of drug-likeness (QED) is 0.233. The first-order chi connectivity index (χ1) is 22.5. The standard InChI is InChI=1S/C34H40N6O7/c1-19-4-2-3-5-26(19)37-33(46)35-25-8-6-20(7-9-25)16-39-18-29(42)40(34(39)47)17-28(41)36-27(15-30(43)44)32(45)38-31-23-11-21-10-22(13-23)14-24(31)12-21/h2-9,21-24,27,31H,10-18H2,1H3,(H,36,41)(H,38,45)(H,43,44)(H2,35,37,46)/t21?,22?,23?,24?,27-,31?/m0/s1. The van der Waals surface area contributed by atoms with Crippen LogP contribution in [-0.2, 0) is 25.7 Å². The minimum atomic E-state index is -1.33. The van der Waals surface area contributed by atoms with Gasteiger partial charge in [0.15, 0.2) is 0 Å². The van der Waals surface area contributed by atoms with E-state index < -0.39 is 54.8 Å². The summed E-state index contributed by atoms with van der Waals surface area (Å²) in [4.78, 5) is 78.1. The van der Waals surface area contributed by atoms with Crippen LogP contribution in [0.2, 0.25) is 0 Å². The second-order valence-electron chi connectivity index (χ2n) is 13.4. The number of amides is 7. The van der Waals surface area contributed by atoms with Crippen LogP contribution >= 0.6 is 0 Å². The zero-order chi connectivity index (χ0) is 33.2. The number of carboxylic acid groups (broad SMARTS) is 1. The highest BCUT2D eigenvalue weighted by molar-refractivity contribution is 6.05. The molecule has 1 aliphatic heterocycles. The number of urea groups is 2. The smallest absolute Gasteiger partial charge is 0.328 e. The van der Waals surface area contributed by atoms with Crippen LogP contribution in [0.1, 0.15) is 49.7 Å². The molecular formula is C34H40N6O7. The van der Waals surface area contributed by atoms with Crippen molar-refractivity contribution in [2.24, 2.45) is 23.7 Å². The van der Waals surface area contributed by atoms with E-state index in [2.05, 4.69) is 21.3 Å². The molecule has 248 valence electrons. The number of carbonyl (C=O) groups excluding carboxylic acids is 5. The van der Waals surface area contributed by atoms with Crippen molar-refractivity contribution in [1.29, 1.82) is 0 Å². The van der Waals surface area contributed by atoms with Crippen molar-refractivity contribution in [1.82, 2.24) is 20.4 Å². The summed E-state index contributed by atoms with van der Waals surface area (Å²) in [6, 6.07) is 11.8. The molecule has 2 aromatic carbocycles. The molecule has 1 atom stereocenters. The van der Waals surface area contributed by atoms with Crippen LogP contribution in [0, 0.1) is 30.6 Å². The number of aryl methyl sites for hydroxylation is 1. The van der Waals surface area contributed by atoms with E-state index in [0.717, 1.165) is 36.1 Å². The monoisotopic (exact) mass is 644 g/mol. The third kappa shape index (κ3) is 7.39. The molecule has 5 N–H and O–H groups in total. The molecule has 4 bridgehead atoms. The molecule has 7 rings (SSSR count). The average molecular weight is 645 g/mol. The Morgan fingerprint density at radius 1 is 0.894 bits per heavy atom. The van der Waals surface area contributed by atoms with Gasteiger partial charge in [0.1, 0.15) is 19.1 Å². The van der Waals surface area contributed by atoms with Gasteiger partial charge in [0, 0.05) is 24.0 Å². The van der Waals surface area contributed by atoms with Gasteiger partial charge in [-0.1, -0.05) is 30.3 Å². The predicted octanol–water partition coefficient (Wildman–Crippen LogP) is 3.30. The zero-order valence-corrected chi connectivity index (χ0v) is 26.2. The van der Waals surface area contributed by atoms with Gasteiger partial charge in [-0.05, 0) is 92.0 Å². The van der Waals surface area contributed by atoms with Crippen LogP contribution in [0.5, 0.6) is 0 Å². The molecular weight excluding hydrogens is 604 g/mol. The summed E-state index contributed by atoms with van der Waals surface area (Å²) in [5.41, 5.74) is 2.85. The van der Waals surface area contributed by atoms with Crippen LogP contribution in [0.3, 0.4) is 0 Å². The van der Waals surface area contributed by atoms with Gasteiger partial charge in [-0.2, -0.15) is 0 Å². The van der Waals surface area contributed by atoms with Gasteiger partial charge in [0.25, 0.3) is 5.91 Å². The van der Waals surface area contributed by atoms with Crippen LogP contribution < -0.4 is 21.3 Å². The van der Waals surface area contributed by atoms with Crippen molar-refractivity contribution < 1.29 is 33.9 Å². The summed E-state index contributed by atoms with van der Waals surface area (Å²) in [7, 11) is 0. The Hall–Kier alpha value is -4.94. The van der Waals surface area contributed by atoms with Crippen molar-refractivity contribution >= 4 is 47.1 Å².